The summed E-state index contributed by atoms with van der Waals surface area (Å²) in [6.45, 7) is 0.832. The third-order valence-electron chi connectivity index (χ3n) is 4.09. The Hall–Kier alpha value is -3.46. The summed E-state index contributed by atoms with van der Waals surface area (Å²) in [7, 11) is 0. The first-order chi connectivity index (χ1) is 13.9. The fourth-order valence-electron chi connectivity index (χ4n) is 2.75. The van der Waals surface area contributed by atoms with Crippen molar-refractivity contribution >= 4 is 40.2 Å². The molecule has 0 aliphatic rings. The van der Waals surface area contributed by atoms with Crippen LogP contribution in [-0.2, 0) is 27.4 Å². The highest BCUT2D eigenvalue weighted by Gasteiger charge is 2.16. The van der Waals surface area contributed by atoms with Crippen LogP contribution in [0, 0.1) is 0 Å². The van der Waals surface area contributed by atoms with Gasteiger partial charge in [0, 0.05) is 12.7 Å². The van der Waals surface area contributed by atoms with Gasteiger partial charge in [-0.15, -0.1) is 0 Å². The molecule has 0 aliphatic heterocycles. The molecule has 2 heterocycles. The monoisotopic (exact) mass is 416 g/mol. The first kappa shape index (κ1) is 20.3. The van der Waals surface area contributed by atoms with Gasteiger partial charge < -0.3 is 10.1 Å². The van der Waals surface area contributed by atoms with Crippen LogP contribution in [0.1, 0.15) is 6.92 Å². The molecule has 3 rings (SSSR count). The molecule has 3 aromatic rings. The van der Waals surface area contributed by atoms with Gasteiger partial charge in [-0.05, 0) is 31.2 Å². The largest absolute Gasteiger partial charge is 0.454 e. The van der Waals surface area contributed by atoms with Crippen molar-refractivity contribution in [2.75, 3.05) is 11.9 Å². The number of carbonyl (C=O) groups is 2. The number of hydrogen-bond donors (Lipinski definition) is 1. The molecule has 29 heavy (non-hydrogen) atoms. The minimum atomic E-state index is -0.794. The van der Waals surface area contributed by atoms with Gasteiger partial charge >= 0.3 is 11.7 Å². The van der Waals surface area contributed by atoms with Crippen LogP contribution in [0.3, 0.4) is 0 Å². The number of nitrogens with zero attached hydrogens (tertiary/aromatic N) is 3. The normalized spacial score (nSPS) is 10.7. The van der Waals surface area contributed by atoms with E-state index in [9.17, 15) is 19.2 Å². The van der Waals surface area contributed by atoms with E-state index in [1.54, 1.807) is 37.3 Å². The number of carbonyl (C=O) groups excluding carboxylic acids is 2. The third kappa shape index (κ3) is 4.52. The predicted octanol–water partition coefficient (Wildman–Crippen LogP) is 1.41. The summed E-state index contributed by atoms with van der Waals surface area (Å²) in [4.78, 5) is 53.0. The van der Waals surface area contributed by atoms with E-state index in [0.29, 0.717) is 15.9 Å². The van der Waals surface area contributed by atoms with E-state index in [2.05, 4.69) is 10.3 Å². The van der Waals surface area contributed by atoms with Crippen molar-refractivity contribution in [3.05, 3.63) is 68.5 Å². The van der Waals surface area contributed by atoms with Crippen LogP contribution in [-0.4, -0.2) is 32.6 Å². The highest BCUT2D eigenvalue weighted by molar-refractivity contribution is 6.30. The second kappa shape index (κ2) is 8.70. The minimum Gasteiger partial charge on any atom is -0.454 e. The zero-order valence-electron chi connectivity index (χ0n) is 15.4. The van der Waals surface area contributed by atoms with Crippen molar-refractivity contribution in [1.29, 1.82) is 0 Å². The van der Waals surface area contributed by atoms with Gasteiger partial charge in [-0.3, -0.25) is 23.5 Å². The van der Waals surface area contributed by atoms with Gasteiger partial charge in [0.25, 0.3) is 11.5 Å². The lowest BCUT2D eigenvalue weighted by Gasteiger charge is -2.12. The zero-order chi connectivity index (χ0) is 21.0. The Morgan fingerprint density at radius 3 is 2.59 bits per heavy atom. The molecule has 0 aliphatic carbocycles. The highest BCUT2D eigenvalue weighted by atomic mass is 35.5. The molecule has 0 bridgehead atoms. The molecule has 0 saturated carbocycles. The average molecular weight is 417 g/mol. The van der Waals surface area contributed by atoms with Gasteiger partial charge in [0.15, 0.2) is 6.61 Å². The molecule has 9 nitrogen and oxygen atoms in total. The molecule has 10 heteroatoms. The summed E-state index contributed by atoms with van der Waals surface area (Å²) in [5.74, 6) is -1.13. The maximum absolute atomic E-state index is 12.6. The summed E-state index contributed by atoms with van der Waals surface area (Å²) in [5, 5.41) is 3.19. The lowest BCUT2D eigenvalue weighted by Crippen LogP contribution is -2.41. The topological polar surface area (TPSA) is 112 Å². The SMILES string of the molecule is CCn1c(=O)c2ccccc2n(CC(=O)OCC(=O)Nc2ccc(Cl)cn2)c1=O. The summed E-state index contributed by atoms with van der Waals surface area (Å²) < 4.78 is 7.15. The van der Waals surface area contributed by atoms with Gasteiger partial charge in [0.05, 0.1) is 15.9 Å². The Bertz CT molecular complexity index is 1180. The molecule has 1 amide bonds. The number of halogens is 1. The van der Waals surface area contributed by atoms with E-state index < -0.39 is 36.3 Å². The second-order valence-corrected chi connectivity index (χ2v) is 6.44. The van der Waals surface area contributed by atoms with Crippen LogP contribution in [0.2, 0.25) is 5.02 Å². The molecule has 1 aromatic carbocycles. The van der Waals surface area contributed by atoms with Crippen LogP contribution >= 0.6 is 11.6 Å². The number of esters is 1. The Morgan fingerprint density at radius 1 is 1.14 bits per heavy atom. The molecule has 0 atom stereocenters. The van der Waals surface area contributed by atoms with E-state index in [-0.39, 0.29) is 12.4 Å². The van der Waals surface area contributed by atoms with Crippen molar-refractivity contribution in [2.45, 2.75) is 20.0 Å². The van der Waals surface area contributed by atoms with Crippen LogP contribution < -0.4 is 16.6 Å². The Balaban J connectivity index is 1.73. The predicted molar refractivity (Wildman–Crippen MR) is 107 cm³/mol. The first-order valence-corrected chi connectivity index (χ1v) is 9.08. The zero-order valence-corrected chi connectivity index (χ0v) is 16.2. The molecule has 150 valence electrons. The maximum atomic E-state index is 12.6. The summed E-state index contributed by atoms with van der Waals surface area (Å²) in [6.07, 6.45) is 1.36. The summed E-state index contributed by atoms with van der Waals surface area (Å²) >= 11 is 5.72. The number of ether oxygens (including phenoxy) is 1. The van der Waals surface area contributed by atoms with Gasteiger partial charge in [-0.1, -0.05) is 23.7 Å². The standard InChI is InChI=1S/C19H17ClN4O5/c1-2-23-18(27)13-5-3-4-6-14(13)24(19(23)28)10-17(26)29-11-16(25)22-15-8-7-12(20)9-21-15/h3-9H,2,10-11H2,1H3,(H,21,22,25). The summed E-state index contributed by atoms with van der Waals surface area (Å²) in [5.41, 5.74) is -0.727. The number of benzene rings is 1. The molecule has 1 N–H and O–H groups in total. The second-order valence-electron chi connectivity index (χ2n) is 6.01. The van der Waals surface area contributed by atoms with Gasteiger partial charge in [-0.25, -0.2) is 9.78 Å². The number of fused-ring (bicyclic) bond motifs is 1. The van der Waals surface area contributed by atoms with Gasteiger partial charge in [0.2, 0.25) is 0 Å². The third-order valence-corrected chi connectivity index (χ3v) is 4.32. The maximum Gasteiger partial charge on any atom is 0.332 e. The molecule has 0 fully saturated rings. The number of aromatic nitrogens is 3. The van der Waals surface area contributed by atoms with Crippen LogP contribution in [0.15, 0.2) is 52.2 Å². The van der Waals surface area contributed by atoms with E-state index in [1.165, 1.54) is 12.3 Å². The quantitative estimate of drug-likeness (QED) is 0.608. The van der Waals surface area contributed by atoms with Crippen molar-refractivity contribution in [3.63, 3.8) is 0 Å². The molecule has 2 aromatic heterocycles. The van der Waals surface area contributed by atoms with Crippen molar-refractivity contribution in [2.24, 2.45) is 0 Å². The number of para-hydroxylation sites is 1. The lowest BCUT2D eigenvalue weighted by molar-refractivity contribution is -0.147. The van der Waals surface area contributed by atoms with Crippen molar-refractivity contribution in [1.82, 2.24) is 14.1 Å². The van der Waals surface area contributed by atoms with Crippen molar-refractivity contribution in [3.8, 4) is 0 Å². The van der Waals surface area contributed by atoms with Crippen LogP contribution in [0.5, 0.6) is 0 Å². The molecule has 0 saturated heterocycles. The Morgan fingerprint density at radius 2 is 1.90 bits per heavy atom. The number of hydrogen-bond acceptors (Lipinski definition) is 6. The lowest BCUT2D eigenvalue weighted by atomic mass is 10.2. The minimum absolute atomic E-state index is 0.161. The van der Waals surface area contributed by atoms with E-state index in [4.69, 9.17) is 16.3 Å². The number of rotatable bonds is 6. The molecular formula is C19H17ClN4O5. The van der Waals surface area contributed by atoms with Gasteiger partial charge in [-0.2, -0.15) is 0 Å². The number of pyridine rings is 1. The highest BCUT2D eigenvalue weighted by Crippen LogP contribution is 2.10. The van der Waals surface area contributed by atoms with E-state index in [1.807, 2.05) is 0 Å². The van der Waals surface area contributed by atoms with Crippen LogP contribution in [0.4, 0.5) is 5.82 Å². The molecular weight excluding hydrogens is 400 g/mol. The van der Waals surface area contributed by atoms with E-state index >= 15 is 0 Å². The molecule has 0 unspecified atom stereocenters. The Labute approximate surface area is 169 Å². The Kier molecular flexibility index (Phi) is 6.08. The fourth-order valence-corrected chi connectivity index (χ4v) is 2.86. The van der Waals surface area contributed by atoms with Crippen LogP contribution in [0.25, 0.3) is 10.9 Å². The number of nitrogens with one attached hydrogen (secondary N) is 1. The van der Waals surface area contributed by atoms with Crippen molar-refractivity contribution < 1.29 is 14.3 Å². The van der Waals surface area contributed by atoms with Gasteiger partial charge in [0.1, 0.15) is 12.4 Å². The fraction of sp³-hybridized carbons (Fsp3) is 0.211. The van der Waals surface area contributed by atoms with E-state index in [0.717, 1.165) is 9.13 Å². The molecule has 0 spiro atoms. The average Bonchev–Trinajstić information content (AvgIpc) is 2.72. The number of amides is 1. The smallest absolute Gasteiger partial charge is 0.332 e. The molecule has 0 radical (unpaired) electrons. The first-order valence-electron chi connectivity index (χ1n) is 8.70. The number of anilines is 1. The summed E-state index contributed by atoms with van der Waals surface area (Å²) in [6, 6.07) is 9.54.